The number of carbonyl (C=O) groups excluding carboxylic acids is 2. The number of H-pyrrole nitrogens is 1. The van der Waals surface area contributed by atoms with E-state index in [9.17, 15) is 18.0 Å². The van der Waals surface area contributed by atoms with Gasteiger partial charge >= 0.3 is 0 Å². The lowest BCUT2D eigenvalue weighted by Crippen LogP contribution is -2.19. The number of nitrogens with zero attached hydrogens (tertiary/aromatic N) is 1. The molecular formula is C11H8N4O4S. The molecule has 2 aromatic rings. The number of amides is 2. The number of rotatable bonds is 3. The van der Waals surface area contributed by atoms with Gasteiger partial charge in [-0.25, -0.2) is 8.42 Å². The van der Waals surface area contributed by atoms with Crippen LogP contribution in [0.1, 0.15) is 20.7 Å². The standard InChI is InChI=1S/C11H8N4O4S/c16-10-8-2-1-6(3-9(8)11(17)14-10)15-20(18,19)7-4-12-13-5-7/h1-5,15H,(H,12,13)(H,14,16,17). The Morgan fingerprint density at radius 2 is 1.85 bits per heavy atom. The average molecular weight is 292 g/mol. The zero-order chi connectivity index (χ0) is 14.3. The summed E-state index contributed by atoms with van der Waals surface area (Å²) in [6.07, 6.45) is 2.39. The summed E-state index contributed by atoms with van der Waals surface area (Å²) >= 11 is 0. The molecule has 3 N–H and O–H groups in total. The molecule has 0 unspecified atom stereocenters. The smallest absolute Gasteiger partial charge is 0.265 e. The Hall–Kier alpha value is -2.68. The molecule has 2 amide bonds. The van der Waals surface area contributed by atoms with E-state index < -0.39 is 21.8 Å². The monoisotopic (exact) mass is 292 g/mol. The van der Waals surface area contributed by atoms with Crippen LogP contribution in [0.15, 0.2) is 35.5 Å². The first-order chi connectivity index (χ1) is 9.47. The van der Waals surface area contributed by atoms with Gasteiger partial charge in [0.25, 0.3) is 21.8 Å². The minimum Gasteiger partial charge on any atom is -0.288 e. The van der Waals surface area contributed by atoms with Crippen molar-refractivity contribution in [2.24, 2.45) is 0 Å². The van der Waals surface area contributed by atoms with Gasteiger partial charge < -0.3 is 0 Å². The number of benzene rings is 1. The van der Waals surface area contributed by atoms with Crippen LogP contribution in [-0.2, 0) is 10.0 Å². The first-order valence-corrected chi connectivity index (χ1v) is 6.97. The summed E-state index contributed by atoms with van der Waals surface area (Å²) in [6, 6.07) is 4.12. The fourth-order valence-corrected chi connectivity index (χ4v) is 2.79. The third kappa shape index (κ3) is 1.93. The maximum absolute atomic E-state index is 12.0. The number of imide groups is 1. The molecule has 1 aliphatic heterocycles. The number of carbonyl (C=O) groups is 2. The normalized spacial score (nSPS) is 14.0. The summed E-state index contributed by atoms with van der Waals surface area (Å²) in [5, 5.41) is 8.08. The van der Waals surface area contributed by atoms with Crippen molar-refractivity contribution in [2.45, 2.75) is 4.90 Å². The van der Waals surface area contributed by atoms with Crippen molar-refractivity contribution in [3.05, 3.63) is 41.7 Å². The lowest BCUT2D eigenvalue weighted by Gasteiger charge is -2.06. The van der Waals surface area contributed by atoms with Crippen LogP contribution in [0.4, 0.5) is 5.69 Å². The molecule has 1 aliphatic rings. The van der Waals surface area contributed by atoms with Gasteiger partial charge in [0.2, 0.25) is 0 Å². The molecule has 0 saturated heterocycles. The van der Waals surface area contributed by atoms with Crippen LogP contribution in [0, 0.1) is 0 Å². The number of aromatic nitrogens is 2. The maximum atomic E-state index is 12.0. The lowest BCUT2D eigenvalue weighted by molar-refractivity contribution is 0.0879. The summed E-state index contributed by atoms with van der Waals surface area (Å²) in [7, 11) is -3.78. The number of sulfonamides is 1. The van der Waals surface area contributed by atoms with Crippen LogP contribution in [0.3, 0.4) is 0 Å². The Morgan fingerprint density at radius 1 is 1.10 bits per heavy atom. The molecule has 8 nitrogen and oxygen atoms in total. The minimum absolute atomic E-state index is 0.0291. The van der Waals surface area contributed by atoms with Gasteiger partial charge in [-0.05, 0) is 18.2 Å². The highest BCUT2D eigenvalue weighted by atomic mass is 32.2. The molecule has 0 atom stereocenters. The topological polar surface area (TPSA) is 121 Å². The molecule has 3 rings (SSSR count). The highest BCUT2D eigenvalue weighted by Crippen LogP contribution is 2.22. The highest BCUT2D eigenvalue weighted by molar-refractivity contribution is 7.92. The van der Waals surface area contributed by atoms with Crippen molar-refractivity contribution >= 4 is 27.5 Å². The Kier molecular flexibility index (Phi) is 2.57. The summed E-state index contributed by atoms with van der Waals surface area (Å²) in [6.45, 7) is 0. The molecular weight excluding hydrogens is 284 g/mol. The second kappa shape index (κ2) is 4.17. The first kappa shape index (κ1) is 12.4. The van der Waals surface area contributed by atoms with E-state index in [1.54, 1.807) is 0 Å². The quantitative estimate of drug-likeness (QED) is 0.692. The molecule has 1 aromatic heterocycles. The molecule has 0 fully saturated rings. The molecule has 102 valence electrons. The average Bonchev–Trinajstić information content (AvgIpc) is 2.99. The summed E-state index contributed by atoms with van der Waals surface area (Å²) in [5.41, 5.74) is 0.554. The van der Waals surface area contributed by atoms with Gasteiger partial charge in [-0.15, -0.1) is 0 Å². The second-order valence-corrected chi connectivity index (χ2v) is 5.77. The molecule has 0 aliphatic carbocycles. The molecule has 20 heavy (non-hydrogen) atoms. The predicted octanol–water partition coefficient (Wildman–Crippen LogP) is 0.0941. The fourth-order valence-electron chi connectivity index (χ4n) is 1.83. The zero-order valence-electron chi connectivity index (χ0n) is 9.88. The molecule has 0 saturated carbocycles. The van der Waals surface area contributed by atoms with E-state index >= 15 is 0 Å². The maximum Gasteiger partial charge on any atom is 0.265 e. The van der Waals surface area contributed by atoms with Crippen molar-refractivity contribution in [3.8, 4) is 0 Å². The van der Waals surface area contributed by atoms with Crippen molar-refractivity contribution in [1.29, 1.82) is 0 Å². The van der Waals surface area contributed by atoms with E-state index in [1.165, 1.54) is 24.4 Å². The van der Waals surface area contributed by atoms with Crippen LogP contribution < -0.4 is 10.0 Å². The highest BCUT2D eigenvalue weighted by Gasteiger charge is 2.27. The fraction of sp³-hybridized carbons (Fsp3) is 0. The van der Waals surface area contributed by atoms with E-state index in [0.717, 1.165) is 6.20 Å². The Bertz CT molecular complexity index is 811. The number of fused-ring (bicyclic) bond motifs is 1. The number of nitrogens with one attached hydrogen (secondary N) is 3. The third-order valence-corrected chi connectivity index (χ3v) is 4.12. The molecule has 1 aromatic carbocycles. The third-order valence-electron chi connectivity index (χ3n) is 2.77. The van der Waals surface area contributed by atoms with Gasteiger partial charge in [0.05, 0.1) is 17.3 Å². The summed E-state index contributed by atoms with van der Waals surface area (Å²) in [4.78, 5) is 22.8. The van der Waals surface area contributed by atoms with E-state index in [1.807, 2.05) is 0 Å². The van der Waals surface area contributed by atoms with Crippen LogP contribution in [0.2, 0.25) is 0 Å². The largest absolute Gasteiger partial charge is 0.288 e. The van der Waals surface area contributed by atoms with E-state index in [-0.39, 0.29) is 21.7 Å². The van der Waals surface area contributed by atoms with E-state index in [0.29, 0.717) is 0 Å². The van der Waals surface area contributed by atoms with Crippen molar-refractivity contribution in [3.63, 3.8) is 0 Å². The SMILES string of the molecule is O=C1NC(=O)c2cc(NS(=O)(=O)c3cn[nH]c3)ccc21. The second-order valence-electron chi connectivity index (χ2n) is 4.08. The van der Waals surface area contributed by atoms with Gasteiger partial charge in [0.1, 0.15) is 4.90 Å². The number of hydrogen-bond acceptors (Lipinski definition) is 5. The predicted molar refractivity (Wildman–Crippen MR) is 67.6 cm³/mol. The lowest BCUT2D eigenvalue weighted by atomic mass is 10.1. The van der Waals surface area contributed by atoms with Crippen molar-refractivity contribution in [2.75, 3.05) is 4.72 Å². The molecule has 0 spiro atoms. The van der Waals surface area contributed by atoms with Crippen LogP contribution in [0.25, 0.3) is 0 Å². The summed E-state index contributed by atoms with van der Waals surface area (Å²) in [5.74, 6) is -1.04. The van der Waals surface area contributed by atoms with Crippen LogP contribution in [0.5, 0.6) is 0 Å². The van der Waals surface area contributed by atoms with Crippen LogP contribution >= 0.6 is 0 Å². The molecule has 2 heterocycles. The van der Waals surface area contributed by atoms with Gasteiger partial charge in [-0.3, -0.25) is 24.7 Å². The Morgan fingerprint density at radius 3 is 2.55 bits per heavy atom. The van der Waals surface area contributed by atoms with Gasteiger partial charge in [-0.2, -0.15) is 5.10 Å². The summed E-state index contributed by atoms with van der Waals surface area (Å²) < 4.78 is 26.2. The Balaban J connectivity index is 1.96. The van der Waals surface area contributed by atoms with Crippen molar-refractivity contribution < 1.29 is 18.0 Å². The molecule has 0 bridgehead atoms. The van der Waals surface area contributed by atoms with E-state index in [4.69, 9.17) is 0 Å². The number of hydrogen-bond donors (Lipinski definition) is 3. The number of anilines is 1. The Labute approximate surface area is 113 Å². The molecule has 0 radical (unpaired) electrons. The van der Waals surface area contributed by atoms with Crippen molar-refractivity contribution in [1.82, 2.24) is 15.5 Å². The minimum atomic E-state index is -3.78. The van der Waals surface area contributed by atoms with Gasteiger partial charge in [-0.1, -0.05) is 0 Å². The van der Waals surface area contributed by atoms with Gasteiger partial charge in [0.15, 0.2) is 0 Å². The van der Waals surface area contributed by atoms with Crippen LogP contribution in [-0.4, -0.2) is 30.4 Å². The molecule has 9 heteroatoms. The number of aromatic amines is 1. The van der Waals surface area contributed by atoms with E-state index in [2.05, 4.69) is 20.2 Å². The zero-order valence-corrected chi connectivity index (χ0v) is 10.7. The first-order valence-electron chi connectivity index (χ1n) is 5.49. The van der Waals surface area contributed by atoms with Gasteiger partial charge in [0, 0.05) is 11.9 Å².